The minimum atomic E-state index is 0. The quantitative estimate of drug-likeness (QED) is 0.195. The van der Waals surface area contributed by atoms with E-state index in [1.165, 1.54) is 140 Å². The maximum absolute atomic E-state index is 2.46. The summed E-state index contributed by atoms with van der Waals surface area (Å²) in [6, 6.07) is 19.2. The summed E-state index contributed by atoms with van der Waals surface area (Å²) < 4.78 is 0. The average molecular weight is 778 g/mol. The molecule has 0 aromatic heterocycles. The van der Waals surface area contributed by atoms with Crippen molar-refractivity contribution in [2.75, 3.05) is 38.0 Å². The summed E-state index contributed by atoms with van der Waals surface area (Å²) in [5.74, 6) is 0. The van der Waals surface area contributed by atoms with E-state index in [0.29, 0.717) is 0 Å². The van der Waals surface area contributed by atoms with E-state index in [4.69, 9.17) is 0 Å². The van der Waals surface area contributed by atoms with Crippen LogP contribution in [0.15, 0.2) is 48.5 Å². The van der Waals surface area contributed by atoms with Crippen molar-refractivity contribution in [3.63, 3.8) is 0 Å². The zero-order chi connectivity index (χ0) is 30.7. The molecule has 0 amide bonds. The van der Waals surface area contributed by atoms with Gasteiger partial charge in [0.25, 0.3) is 0 Å². The summed E-state index contributed by atoms with van der Waals surface area (Å²) in [5.41, 5.74) is 6.72. The number of nitrogens with zero attached hydrogens (tertiary/aromatic N) is 2. The zero-order valence-corrected chi connectivity index (χ0v) is 33.7. The van der Waals surface area contributed by atoms with Gasteiger partial charge in [0.1, 0.15) is 0 Å². The fourth-order valence-electron chi connectivity index (χ4n) is 8.72. The van der Waals surface area contributed by atoms with Crippen molar-refractivity contribution in [3.05, 3.63) is 48.5 Å². The summed E-state index contributed by atoms with van der Waals surface area (Å²) in [4.78, 5) is 4.43. The Labute approximate surface area is 306 Å². The third kappa shape index (κ3) is 11.5. The topological polar surface area (TPSA) is 6.48 Å². The predicted octanol–water partition coefficient (Wildman–Crippen LogP) is 11.5. The molecular weight excluding hydrogens is 712 g/mol. The van der Waals surface area contributed by atoms with E-state index in [9.17, 15) is 0 Å². The van der Waals surface area contributed by atoms with Crippen LogP contribution < -0.4 is 20.4 Å². The van der Waals surface area contributed by atoms with E-state index in [1.807, 2.05) is 0 Å². The van der Waals surface area contributed by atoms with Gasteiger partial charge in [0, 0.05) is 60.0 Å². The van der Waals surface area contributed by atoms with Crippen LogP contribution in [0.5, 0.6) is 0 Å². The molecule has 46 heavy (non-hydrogen) atoms. The number of hydrogen-bond acceptors (Lipinski definition) is 2. The van der Waals surface area contributed by atoms with E-state index in [-0.39, 0.29) is 48.7 Å². The van der Waals surface area contributed by atoms with Gasteiger partial charge >= 0.3 is 0 Å². The van der Waals surface area contributed by atoms with Gasteiger partial charge < -0.3 is 9.80 Å². The van der Waals surface area contributed by atoms with Crippen LogP contribution >= 0.6 is 28.3 Å². The van der Waals surface area contributed by atoms with Crippen molar-refractivity contribution < 1.29 is 20.4 Å². The van der Waals surface area contributed by atoms with Crippen LogP contribution in [0, 0.1) is 0 Å². The van der Waals surface area contributed by atoms with Crippen molar-refractivity contribution >= 4 is 50.2 Å². The van der Waals surface area contributed by atoms with Gasteiger partial charge in [-0.05, 0) is 109 Å². The fourth-order valence-corrected chi connectivity index (χ4v) is 16.3. The Balaban J connectivity index is 0.000000240. The first kappa shape index (κ1) is 40.3. The minimum Gasteiger partial charge on any atom is -0.378 e. The Morgan fingerprint density at radius 2 is 0.609 bits per heavy atom. The molecule has 2 aromatic carbocycles. The summed E-state index contributed by atoms with van der Waals surface area (Å²) in [5, 5.41) is 3.39. The molecule has 0 atom stereocenters. The third-order valence-corrected chi connectivity index (χ3v) is 18.2. The summed E-state index contributed by atoms with van der Waals surface area (Å²) in [6.45, 7) is 0. The number of anilines is 2. The van der Waals surface area contributed by atoms with Gasteiger partial charge in [-0.15, -0.1) is 12.4 Å². The second-order valence-corrected chi connectivity index (χ2v) is 20.4. The van der Waals surface area contributed by atoms with Crippen molar-refractivity contribution in [1.29, 1.82) is 0 Å². The first-order chi connectivity index (χ1) is 21.5. The smallest absolute Gasteiger partial charge is 0.0361 e. The van der Waals surface area contributed by atoms with Crippen LogP contribution in [0.3, 0.4) is 0 Å². The van der Waals surface area contributed by atoms with E-state index in [0.717, 1.165) is 22.6 Å². The molecule has 0 N–H and O–H groups in total. The molecule has 0 radical (unpaired) electrons. The van der Waals surface area contributed by atoms with Crippen LogP contribution in [-0.2, 0) is 20.4 Å². The maximum atomic E-state index is 2.46. The van der Waals surface area contributed by atoms with E-state index in [2.05, 4.69) is 86.5 Å². The molecule has 0 heterocycles. The van der Waals surface area contributed by atoms with Gasteiger partial charge in [-0.25, -0.2) is 0 Å². The van der Waals surface area contributed by atoms with Gasteiger partial charge in [0.15, 0.2) is 0 Å². The molecule has 0 spiro atoms. The fraction of sp³-hybridized carbons (Fsp3) is 0.700. The van der Waals surface area contributed by atoms with Crippen LogP contribution in [0.4, 0.5) is 11.4 Å². The molecule has 6 heteroatoms. The predicted molar refractivity (Wildman–Crippen MR) is 209 cm³/mol. The van der Waals surface area contributed by atoms with Crippen LogP contribution in [0.1, 0.15) is 128 Å². The molecule has 4 aliphatic rings. The molecule has 2 aromatic rings. The normalized spacial score (nSPS) is 20.3. The summed E-state index contributed by atoms with van der Waals surface area (Å²) in [7, 11) is 8.67. The molecule has 0 aliphatic heterocycles. The Kier molecular flexibility index (Phi) is 18.5. The first-order valence-electron chi connectivity index (χ1n) is 18.6. The number of rotatable bonds is 8. The first-order valence-corrected chi connectivity index (χ1v) is 21.6. The van der Waals surface area contributed by atoms with Crippen LogP contribution in [0.2, 0.25) is 0 Å². The number of hydrogen-bond donors (Lipinski definition) is 0. The average Bonchev–Trinajstić information content (AvgIpc) is 3.08. The Morgan fingerprint density at radius 1 is 0.391 bits per heavy atom. The van der Waals surface area contributed by atoms with Gasteiger partial charge in [0.05, 0.1) is 0 Å². The molecule has 2 nitrogen and oxygen atoms in total. The van der Waals surface area contributed by atoms with Crippen LogP contribution in [-0.4, -0.2) is 50.8 Å². The van der Waals surface area contributed by atoms with Gasteiger partial charge in [-0.1, -0.05) is 117 Å². The molecule has 262 valence electrons. The number of halogens is 1. The van der Waals surface area contributed by atoms with E-state index in [1.54, 1.807) is 10.6 Å². The Bertz CT molecular complexity index is 948. The SMILES string of the molecule is CN(C)c1ccc(P(C2CCCCC2)C2CCCCC2)cc1.CN(C)c1ccc(P(C2CCCCC2)C2CCCCC2)cc1.Cl.[Pd]. The monoisotopic (exact) mass is 776 g/mol. The second-order valence-electron chi connectivity index (χ2n) is 14.8. The van der Waals surface area contributed by atoms with Crippen molar-refractivity contribution in [2.24, 2.45) is 0 Å². The molecule has 6 rings (SSSR count). The molecule has 0 unspecified atom stereocenters. The standard InChI is InChI=1S/2C20H32NP.ClH.Pd/c2*1-21(2)17-13-15-20(16-14-17)22(18-9-5-3-6-10-18)19-11-7-4-8-12-19;;/h2*13-16,18-19H,3-12H2,1-2H3;1H;. The van der Waals surface area contributed by atoms with Crippen molar-refractivity contribution in [1.82, 2.24) is 0 Å². The molecule has 0 saturated heterocycles. The molecular formula is C40H65ClN2P2Pd. The molecule has 4 saturated carbocycles. The Hall–Kier alpha value is -0.148. The van der Waals surface area contributed by atoms with Gasteiger partial charge in [-0.3, -0.25) is 0 Å². The molecule has 4 fully saturated rings. The summed E-state index contributed by atoms with van der Waals surface area (Å²) in [6.07, 6.45) is 29.7. The minimum absolute atomic E-state index is 0. The second kappa shape index (κ2) is 21.2. The van der Waals surface area contributed by atoms with Gasteiger partial charge in [0.2, 0.25) is 0 Å². The zero-order valence-electron chi connectivity index (χ0n) is 29.6. The van der Waals surface area contributed by atoms with Crippen molar-refractivity contribution in [2.45, 2.75) is 151 Å². The molecule has 0 bridgehead atoms. The van der Waals surface area contributed by atoms with Crippen molar-refractivity contribution in [3.8, 4) is 0 Å². The largest absolute Gasteiger partial charge is 0.378 e. The third-order valence-electron chi connectivity index (χ3n) is 11.2. The van der Waals surface area contributed by atoms with E-state index >= 15 is 0 Å². The van der Waals surface area contributed by atoms with E-state index < -0.39 is 0 Å². The Morgan fingerprint density at radius 3 is 0.804 bits per heavy atom. The maximum Gasteiger partial charge on any atom is 0.0361 e. The van der Waals surface area contributed by atoms with Crippen LogP contribution in [0.25, 0.3) is 0 Å². The summed E-state index contributed by atoms with van der Waals surface area (Å²) >= 11 is 0. The van der Waals surface area contributed by atoms with Gasteiger partial charge in [-0.2, -0.15) is 0 Å². The molecule has 4 aliphatic carbocycles. The number of benzene rings is 2.